The van der Waals surface area contributed by atoms with Crippen LogP contribution in [-0.2, 0) is 16.1 Å². The van der Waals surface area contributed by atoms with Gasteiger partial charge in [-0.3, -0.25) is 4.79 Å². The molecule has 3 aromatic rings. The second-order valence-corrected chi connectivity index (χ2v) is 6.92. The fourth-order valence-electron chi connectivity index (χ4n) is 3.06. The van der Waals surface area contributed by atoms with E-state index in [4.69, 9.17) is 4.74 Å². The molecule has 3 aromatic carbocycles. The highest BCUT2D eigenvalue weighted by Gasteiger charge is 2.06. The van der Waals surface area contributed by atoms with E-state index in [1.807, 2.05) is 66.7 Å². The third-order valence-electron chi connectivity index (χ3n) is 4.64. The molecular weight excluding hydrogens is 374 g/mol. The summed E-state index contributed by atoms with van der Waals surface area (Å²) in [5.41, 5.74) is 5.32. The van der Waals surface area contributed by atoms with Crippen molar-refractivity contribution in [3.63, 3.8) is 0 Å². The summed E-state index contributed by atoms with van der Waals surface area (Å²) in [7, 11) is 0. The summed E-state index contributed by atoms with van der Waals surface area (Å²) in [6, 6.07) is 25.3. The van der Waals surface area contributed by atoms with Crippen LogP contribution < -0.4 is 5.32 Å². The number of esters is 1. The third-order valence-corrected chi connectivity index (χ3v) is 4.64. The predicted octanol–water partition coefficient (Wildman–Crippen LogP) is 5.25. The molecule has 0 bridgehead atoms. The van der Waals surface area contributed by atoms with Gasteiger partial charge in [-0.05, 0) is 60.4 Å². The smallest absolute Gasteiger partial charge is 0.333 e. The van der Waals surface area contributed by atoms with Gasteiger partial charge in [0.15, 0.2) is 0 Å². The summed E-state index contributed by atoms with van der Waals surface area (Å²) >= 11 is 0. The molecule has 30 heavy (non-hydrogen) atoms. The number of hydrogen-bond acceptors (Lipinski definition) is 3. The minimum atomic E-state index is -0.299. The Balaban J connectivity index is 1.67. The van der Waals surface area contributed by atoms with Crippen molar-refractivity contribution < 1.29 is 14.3 Å². The highest BCUT2D eigenvalue weighted by molar-refractivity contribution is 5.94. The molecule has 152 valence electrons. The number of benzene rings is 3. The fraction of sp³-hybridized carbons (Fsp3) is 0.154. The molecule has 4 nitrogen and oxygen atoms in total. The van der Waals surface area contributed by atoms with Gasteiger partial charge in [-0.1, -0.05) is 60.7 Å². The van der Waals surface area contributed by atoms with Crippen LogP contribution in [0, 0.1) is 0 Å². The van der Waals surface area contributed by atoms with E-state index < -0.39 is 0 Å². The van der Waals surface area contributed by atoms with E-state index >= 15 is 0 Å². The Morgan fingerprint density at radius 2 is 1.63 bits per heavy atom. The van der Waals surface area contributed by atoms with Crippen LogP contribution in [0.3, 0.4) is 0 Å². The molecule has 0 radical (unpaired) electrons. The third kappa shape index (κ3) is 5.67. The topological polar surface area (TPSA) is 55.4 Å². The first-order valence-corrected chi connectivity index (χ1v) is 9.95. The van der Waals surface area contributed by atoms with Crippen LogP contribution in [0.2, 0.25) is 0 Å². The van der Waals surface area contributed by atoms with Crippen LogP contribution >= 0.6 is 0 Å². The Morgan fingerprint density at radius 1 is 0.900 bits per heavy atom. The zero-order chi connectivity index (χ0) is 21.3. The first-order chi connectivity index (χ1) is 14.6. The van der Waals surface area contributed by atoms with Crippen LogP contribution in [0.25, 0.3) is 17.2 Å². The van der Waals surface area contributed by atoms with Crippen molar-refractivity contribution in [2.45, 2.75) is 20.4 Å². The van der Waals surface area contributed by atoms with E-state index in [-0.39, 0.29) is 11.9 Å². The summed E-state index contributed by atoms with van der Waals surface area (Å²) in [4.78, 5) is 24.0. The number of ether oxygens (including phenoxy) is 1. The molecular formula is C26H25NO3. The van der Waals surface area contributed by atoms with Crippen molar-refractivity contribution in [1.82, 2.24) is 5.32 Å². The standard InChI is InChI=1S/C26H25NO3/c1-3-30-26(29)19(2)16-20-12-14-22(15-13-20)24-11-7-8-21(17-24)18-27-25(28)23-9-5-4-6-10-23/h4-17H,3,18H2,1-2H3,(H,27,28). The summed E-state index contributed by atoms with van der Waals surface area (Å²) in [6.07, 6.45) is 1.82. The van der Waals surface area contributed by atoms with E-state index in [0.29, 0.717) is 24.3 Å². The summed E-state index contributed by atoms with van der Waals surface area (Å²) in [6.45, 7) is 4.37. The van der Waals surface area contributed by atoms with Gasteiger partial charge >= 0.3 is 5.97 Å². The molecule has 0 saturated heterocycles. The normalized spacial score (nSPS) is 11.1. The van der Waals surface area contributed by atoms with Crippen LogP contribution in [0.1, 0.15) is 35.3 Å². The molecule has 0 atom stereocenters. The van der Waals surface area contributed by atoms with Crippen molar-refractivity contribution >= 4 is 18.0 Å². The lowest BCUT2D eigenvalue weighted by Crippen LogP contribution is -2.22. The number of carbonyl (C=O) groups is 2. The van der Waals surface area contributed by atoms with Crippen molar-refractivity contribution in [2.75, 3.05) is 6.61 Å². The van der Waals surface area contributed by atoms with E-state index in [0.717, 1.165) is 22.3 Å². The maximum absolute atomic E-state index is 12.2. The monoisotopic (exact) mass is 399 g/mol. The molecule has 0 unspecified atom stereocenters. The average Bonchev–Trinajstić information content (AvgIpc) is 2.79. The van der Waals surface area contributed by atoms with Gasteiger partial charge < -0.3 is 10.1 Å². The maximum atomic E-state index is 12.2. The maximum Gasteiger partial charge on any atom is 0.333 e. The van der Waals surface area contributed by atoms with E-state index in [1.165, 1.54) is 0 Å². The lowest BCUT2D eigenvalue weighted by molar-refractivity contribution is -0.138. The molecule has 1 N–H and O–H groups in total. The predicted molar refractivity (Wildman–Crippen MR) is 120 cm³/mol. The molecule has 0 fully saturated rings. The number of carbonyl (C=O) groups excluding carboxylic acids is 2. The van der Waals surface area contributed by atoms with Crippen LogP contribution in [-0.4, -0.2) is 18.5 Å². The molecule has 4 heteroatoms. The molecule has 0 aromatic heterocycles. The highest BCUT2D eigenvalue weighted by Crippen LogP contribution is 2.22. The van der Waals surface area contributed by atoms with Gasteiger partial charge in [0.25, 0.3) is 5.91 Å². The minimum absolute atomic E-state index is 0.0888. The van der Waals surface area contributed by atoms with Crippen LogP contribution in [0.4, 0.5) is 0 Å². The number of nitrogens with one attached hydrogen (secondary N) is 1. The van der Waals surface area contributed by atoms with Gasteiger partial charge in [0, 0.05) is 17.7 Å². The molecule has 0 heterocycles. The zero-order valence-electron chi connectivity index (χ0n) is 17.2. The number of hydrogen-bond donors (Lipinski definition) is 1. The zero-order valence-corrected chi connectivity index (χ0v) is 17.2. The van der Waals surface area contributed by atoms with Gasteiger partial charge in [0.2, 0.25) is 0 Å². The Hall–Kier alpha value is -3.66. The largest absolute Gasteiger partial charge is 0.463 e. The first-order valence-electron chi connectivity index (χ1n) is 9.95. The molecule has 0 aliphatic carbocycles. The number of amides is 1. The minimum Gasteiger partial charge on any atom is -0.463 e. The Bertz CT molecular complexity index is 1040. The lowest BCUT2D eigenvalue weighted by atomic mass is 10.0. The Labute approximate surface area is 177 Å². The number of rotatable bonds is 7. The summed E-state index contributed by atoms with van der Waals surface area (Å²) in [5, 5.41) is 2.96. The van der Waals surface area contributed by atoms with E-state index in [1.54, 1.807) is 26.0 Å². The highest BCUT2D eigenvalue weighted by atomic mass is 16.5. The molecule has 0 saturated carbocycles. The van der Waals surface area contributed by atoms with Crippen molar-refractivity contribution in [3.8, 4) is 11.1 Å². The summed E-state index contributed by atoms with van der Waals surface area (Å²) < 4.78 is 5.01. The van der Waals surface area contributed by atoms with E-state index in [9.17, 15) is 9.59 Å². The van der Waals surface area contributed by atoms with Gasteiger partial charge in [-0.15, -0.1) is 0 Å². The van der Waals surface area contributed by atoms with Crippen molar-refractivity contribution in [2.24, 2.45) is 0 Å². The molecule has 1 amide bonds. The second-order valence-electron chi connectivity index (χ2n) is 6.92. The fourth-order valence-corrected chi connectivity index (χ4v) is 3.06. The average molecular weight is 399 g/mol. The molecule has 0 aliphatic rings. The van der Waals surface area contributed by atoms with Gasteiger partial charge in [-0.2, -0.15) is 0 Å². The quantitative estimate of drug-likeness (QED) is 0.436. The second kappa shape index (κ2) is 10.2. The molecule has 0 spiro atoms. The SMILES string of the molecule is CCOC(=O)C(C)=Cc1ccc(-c2cccc(CNC(=O)c3ccccc3)c2)cc1. The molecule has 0 aliphatic heterocycles. The van der Waals surface area contributed by atoms with Gasteiger partial charge in [-0.25, -0.2) is 4.79 Å². The van der Waals surface area contributed by atoms with Gasteiger partial charge in [0.05, 0.1) is 6.61 Å². The van der Waals surface area contributed by atoms with Gasteiger partial charge in [0.1, 0.15) is 0 Å². The van der Waals surface area contributed by atoms with Crippen LogP contribution in [0.5, 0.6) is 0 Å². The Morgan fingerprint density at radius 3 is 2.33 bits per heavy atom. The first kappa shape index (κ1) is 21.1. The van der Waals surface area contributed by atoms with Crippen LogP contribution in [0.15, 0.2) is 84.4 Å². The Kier molecular flexibility index (Phi) is 7.17. The lowest BCUT2D eigenvalue weighted by Gasteiger charge is -2.08. The van der Waals surface area contributed by atoms with Crippen molar-refractivity contribution in [1.29, 1.82) is 0 Å². The summed E-state index contributed by atoms with van der Waals surface area (Å²) in [5.74, 6) is -0.388. The van der Waals surface area contributed by atoms with Crippen molar-refractivity contribution in [3.05, 3.63) is 101 Å². The van der Waals surface area contributed by atoms with E-state index in [2.05, 4.69) is 11.4 Å². The molecule has 3 rings (SSSR count).